The van der Waals surface area contributed by atoms with Gasteiger partial charge in [0.15, 0.2) is 5.82 Å². The molecule has 43 heavy (non-hydrogen) atoms. The van der Waals surface area contributed by atoms with Crippen LogP contribution in [-0.2, 0) is 28.7 Å². The first kappa shape index (κ1) is 34.9. The zero-order valence-corrected chi connectivity index (χ0v) is 25.3. The number of carbonyl (C=O) groups is 1. The lowest BCUT2D eigenvalue weighted by atomic mass is 9.92. The van der Waals surface area contributed by atoms with Gasteiger partial charge in [0, 0.05) is 6.42 Å². The molecule has 0 spiro atoms. The van der Waals surface area contributed by atoms with Gasteiger partial charge in [0.05, 0.1) is 18.9 Å². The lowest BCUT2D eigenvalue weighted by Crippen LogP contribution is -2.41. The third kappa shape index (κ3) is 9.94. The van der Waals surface area contributed by atoms with Crippen LogP contribution in [0.2, 0.25) is 0 Å². The number of nitriles is 1. The number of carboxylic acid groups (broad SMARTS) is 1. The second-order valence-corrected chi connectivity index (χ2v) is 12.4. The Morgan fingerprint density at radius 1 is 1.02 bits per heavy atom. The molecular weight excluding hydrogens is 581 g/mol. The largest absolute Gasteiger partial charge is 0.481 e. The highest BCUT2D eigenvalue weighted by Gasteiger charge is 2.58. The Kier molecular flexibility index (Phi) is 13.8. The molecule has 6 N–H and O–H groups in total. The molecule has 1 fully saturated rings. The van der Waals surface area contributed by atoms with Crippen molar-refractivity contribution in [3.63, 3.8) is 0 Å². The Labute approximate surface area is 251 Å². The van der Waals surface area contributed by atoms with Gasteiger partial charge in [-0.1, -0.05) is 70.6 Å². The van der Waals surface area contributed by atoms with E-state index in [9.17, 15) is 29.7 Å². The van der Waals surface area contributed by atoms with Gasteiger partial charge in [-0.25, -0.2) is 14.1 Å². The molecule has 3 rings (SSSR count). The van der Waals surface area contributed by atoms with Crippen molar-refractivity contribution in [3.8, 4) is 6.07 Å². The number of aliphatic carboxylic acids is 1. The first-order valence-electron chi connectivity index (χ1n) is 15.0. The van der Waals surface area contributed by atoms with Crippen LogP contribution in [-0.4, -0.2) is 72.3 Å². The molecule has 1 saturated heterocycles. The fourth-order valence-corrected chi connectivity index (χ4v) is 6.03. The van der Waals surface area contributed by atoms with Gasteiger partial charge in [0.2, 0.25) is 5.60 Å². The number of carboxylic acids is 1. The summed E-state index contributed by atoms with van der Waals surface area (Å²) in [5, 5.41) is 44.0. The number of hydrogen-bond donors (Lipinski definition) is 5. The number of aliphatic hydroxyl groups is 2. The average molecular weight is 626 g/mol. The van der Waals surface area contributed by atoms with Gasteiger partial charge >= 0.3 is 13.8 Å². The van der Waals surface area contributed by atoms with Crippen LogP contribution in [0.5, 0.6) is 0 Å². The maximum absolute atomic E-state index is 12.4. The van der Waals surface area contributed by atoms with Crippen molar-refractivity contribution in [2.24, 2.45) is 0 Å². The predicted molar refractivity (Wildman–Crippen MR) is 156 cm³/mol. The molecule has 1 aliphatic rings. The van der Waals surface area contributed by atoms with Gasteiger partial charge in [-0.15, -0.1) is 0 Å². The molecule has 0 amide bonds. The van der Waals surface area contributed by atoms with Crippen molar-refractivity contribution in [1.29, 1.82) is 5.26 Å². The number of ether oxygens (including phenoxy) is 1. The normalized spacial score (nSPS) is 23.3. The zero-order chi connectivity index (χ0) is 31.3. The SMILES string of the molecule is N#C[C@@]1(c2ccc3c(N)ncnn23)O[C@H](COP(=O)(O)OCCCCCCCCCCCCCCCC(=O)O)[C@@H](O)[C@H]1O. The monoisotopic (exact) mass is 625 g/mol. The van der Waals surface area contributed by atoms with Crippen LogP contribution in [0.1, 0.15) is 95.6 Å². The van der Waals surface area contributed by atoms with E-state index >= 15 is 0 Å². The molecule has 1 aliphatic heterocycles. The van der Waals surface area contributed by atoms with Crippen LogP contribution in [0.3, 0.4) is 0 Å². The molecule has 0 aromatic carbocycles. The van der Waals surface area contributed by atoms with Crippen LogP contribution >= 0.6 is 7.82 Å². The summed E-state index contributed by atoms with van der Waals surface area (Å²) in [5.74, 6) is -0.576. The smallest absolute Gasteiger partial charge is 0.472 e. The van der Waals surface area contributed by atoms with Crippen molar-refractivity contribution in [3.05, 3.63) is 24.2 Å². The van der Waals surface area contributed by atoms with Crippen molar-refractivity contribution in [2.75, 3.05) is 18.9 Å². The molecule has 15 heteroatoms. The molecule has 5 atom stereocenters. The molecule has 240 valence electrons. The minimum atomic E-state index is -4.46. The Bertz CT molecular complexity index is 1250. The highest BCUT2D eigenvalue weighted by atomic mass is 31.2. The summed E-state index contributed by atoms with van der Waals surface area (Å²) < 4.78 is 29.5. The van der Waals surface area contributed by atoms with Crippen LogP contribution in [0.15, 0.2) is 18.5 Å². The van der Waals surface area contributed by atoms with Gasteiger partial charge in [-0.05, 0) is 25.0 Å². The number of fused-ring (bicyclic) bond motifs is 1. The van der Waals surface area contributed by atoms with E-state index in [-0.39, 0.29) is 24.5 Å². The summed E-state index contributed by atoms with van der Waals surface area (Å²) in [4.78, 5) is 24.4. The molecule has 2 aromatic heterocycles. The van der Waals surface area contributed by atoms with E-state index in [1.807, 2.05) is 6.07 Å². The first-order valence-corrected chi connectivity index (χ1v) is 16.5. The topological polar surface area (TPSA) is 223 Å². The van der Waals surface area contributed by atoms with E-state index in [1.54, 1.807) is 6.07 Å². The Morgan fingerprint density at radius 2 is 1.60 bits per heavy atom. The van der Waals surface area contributed by atoms with E-state index in [0.29, 0.717) is 11.9 Å². The minimum Gasteiger partial charge on any atom is -0.481 e. The van der Waals surface area contributed by atoms with E-state index in [0.717, 1.165) is 51.4 Å². The van der Waals surface area contributed by atoms with Crippen molar-refractivity contribution < 1.29 is 43.4 Å². The number of hydrogen-bond acceptors (Lipinski definition) is 11. The number of anilines is 1. The van der Waals surface area contributed by atoms with E-state index in [4.69, 9.17) is 24.6 Å². The van der Waals surface area contributed by atoms with E-state index in [2.05, 4.69) is 10.1 Å². The molecule has 14 nitrogen and oxygen atoms in total. The number of nitrogens with zero attached hydrogens (tertiary/aromatic N) is 4. The molecule has 3 heterocycles. The van der Waals surface area contributed by atoms with Gasteiger partial charge in [0.25, 0.3) is 0 Å². The van der Waals surface area contributed by atoms with Crippen LogP contribution in [0.25, 0.3) is 5.52 Å². The predicted octanol–water partition coefficient (Wildman–Crippen LogP) is 3.83. The van der Waals surface area contributed by atoms with Crippen molar-refractivity contribution in [1.82, 2.24) is 14.6 Å². The lowest BCUT2D eigenvalue weighted by molar-refractivity contribution is -0.137. The summed E-state index contributed by atoms with van der Waals surface area (Å²) >= 11 is 0. The highest BCUT2D eigenvalue weighted by molar-refractivity contribution is 7.47. The van der Waals surface area contributed by atoms with Gasteiger partial charge in [-0.3, -0.25) is 13.8 Å². The van der Waals surface area contributed by atoms with Gasteiger partial charge in [0.1, 0.15) is 36.2 Å². The molecule has 1 unspecified atom stereocenters. The second-order valence-electron chi connectivity index (χ2n) is 10.9. The number of nitrogens with two attached hydrogens (primary N) is 1. The third-order valence-electron chi connectivity index (χ3n) is 7.68. The highest BCUT2D eigenvalue weighted by Crippen LogP contribution is 2.46. The Morgan fingerprint density at radius 3 is 2.19 bits per heavy atom. The fraction of sp³-hybridized carbons (Fsp3) is 0.714. The number of aromatic nitrogens is 3. The van der Waals surface area contributed by atoms with Crippen LogP contribution in [0.4, 0.5) is 5.82 Å². The fourth-order valence-electron chi connectivity index (χ4n) is 5.26. The molecule has 0 bridgehead atoms. The zero-order valence-electron chi connectivity index (χ0n) is 24.4. The minimum absolute atomic E-state index is 0.0242. The van der Waals surface area contributed by atoms with E-state index in [1.165, 1.54) is 42.6 Å². The van der Waals surface area contributed by atoms with Gasteiger partial charge < -0.3 is 30.7 Å². The van der Waals surface area contributed by atoms with Crippen molar-refractivity contribution >= 4 is 25.1 Å². The standard InChI is InChI=1S/C28H44N5O9P/c29-19-28(23-16-15-21-27(30)31-20-32-33(21)23)26(37)25(36)22(42-28)18-41-43(38,39)40-17-13-11-9-7-5-3-1-2-4-6-8-10-12-14-24(34)35/h15-16,20,22,25-26,36-37H,1-14,17-18H2,(H,34,35)(H,38,39)(H2,30,31,32)/t22-,25-,26-,28+/m1/s1. The third-order valence-corrected chi connectivity index (χ3v) is 8.66. The number of phosphoric ester groups is 1. The summed E-state index contributed by atoms with van der Waals surface area (Å²) in [6.07, 6.45) is 10.2. The summed E-state index contributed by atoms with van der Waals surface area (Å²) in [6.45, 7) is -0.572. The number of nitrogen functional groups attached to an aromatic ring is 1. The van der Waals surface area contributed by atoms with Crippen LogP contribution in [0, 0.1) is 11.3 Å². The van der Waals surface area contributed by atoms with E-state index < -0.39 is 44.3 Å². The number of unbranched alkanes of at least 4 members (excludes halogenated alkanes) is 12. The molecular formula is C28H44N5O9P. The quantitative estimate of drug-likeness (QED) is 0.0984. The Balaban J connectivity index is 1.28. The maximum atomic E-state index is 12.4. The van der Waals surface area contributed by atoms with Crippen molar-refractivity contribution in [2.45, 2.75) is 114 Å². The second kappa shape index (κ2) is 17.0. The Hall–Kier alpha value is -2.63. The number of rotatable bonds is 21. The lowest BCUT2D eigenvalue weighted by Gasteiger charge is -2.24. The summed E-state index contributed by atoms with van der Waals surface area (Å²) in [7, 11) is -4.46. The maximum Gasteiger partial charge on any atom is 0.472 e. The average Bonchev–Trinajstić information content (AvgIpc) is 3.52. The first-order chi connectivity index (χ1) is 20.6. The number of aliphatic hydroxyl groups excluding tert-OH is 2. The molecule has 2 aromatic rings. The molecule has 0 saturated carbocycles. The molecule has 0 aliphatic carbocycles. The van der Waals surface area contributed by atoms with Crippen LogP contribution < -0.4 is 5.73 Å². The summed E-state index contributed by atoms with van der Waals surface area (Å²) in [5.41, 5.74) is 4.30. The molecule has 0 radical (unpaired) electrons. The number of phosphoric acid groups is 1. The van der Waals surface area contributed by atoms with Gasteiger partial charge in [-0.2, -0.15) is 10.4 Å². The summed E-state index contributed by atoms with van der Waals surface area (Å²) in [6, 6.07) is 4.92.